The van der Waals surface area contributed by atoms with Gasteiger partial charge in [0.25, 0.3) is 0 Å². The monoisotopic (exact) mass is 246 g/mol. The average Bonchev–Trinajstić information content (AvgIpc) is 2.69. The third-order valence-electron chi connectivity index (χ3n) is 2.36. The highest BCUT2D eigenvalue weighted by Gasteiger charge is 2.41. The number of amides is 1. The quantitative estimate of drug-likeness (QED) is 0.719. The lowest BCUT2D eigenvalue weighted by molar-refractivity contribution is -0.145. The number of carbonyl (C=O) groups is 2. The Kier molecular flexibility index (Phi) is 3.51. The highest BCUT2D eigenvalue weighted by atomic mass is 16.6. The molecule has 1 aliphatic heterocycles. The number of nitrogens with zero attached hydrogens (tertiary/aromatic N) is 1. The molecule has 98 valence electrons. The number of esters is 1. The van der Waals surface area contributed by atoms with Gasteiger partial charge in [0.05, 0.1) is 19.8 Å². The molecule has 2 atom stereocenters. The van der Waals surface area contributed by atoms with Crippen LogP contribution in [0, 0.1) is 0 Å². The number of aliphatic hydroxyl groups is 1. The number of aliphatic hydroxyl groups excluding tert-OH is 1. The van der Waals surface area contributed by atoms with Crippen molar-refractivity contribution in [3.05, 3.63) is 0 Å². The molecule has 0 aromatic carbocycles. The summed E-state index contributed by atoms with van der Waals surface area (Å²) >= 11 is 0. The minimum absolute atomic E-state index is 0.151. The highest BCUT2D eigenvalue weighted by molar-refractivity contribution is 5.82. The Hall–Kier alpha value is -1.30. The number of ether oxygens (including phenoxy) is 2. The van der Waals surface area contributed by atoms with Gasteiger partial charge in [0.2, 0.25) is 1.43 Å². The standard InChI is InChI=1S/C11H19NO5/c1-11(2,3)17-10(15)12-6-7(13)5-8(12)9(14)16-4/h7-8,13H,5-6H2,1-4H3/t7-,8+/m1/s1/i13D. The average molecular weight is 246 g/mol. The van der Waals surface area contributed by atoms with Crippen LogP contribution in [0.15, 0.2) is 0 Å². The van der Waals surface area contributed by atoms with E-state index in [4.69, 9.17) is 6.17 Å². The minimum atomic E-state index is -0.750. The van der Waals surface area contributed by atoms with Crippen LogP contribution in [0.5, 0.6) is 0 Å². The van der Waals surface area contributed by atoms with Gasteiger partial charge in [0, 0.05) is 6.42 Å². The van der Waals surface area contributed by atoms with Crippen LogP contribution >= 0.6 is 0 Å². The predicted octanol–water partition coefficient (Wildman–Crippen LogP) is 0.530. The summed E-state index contributed by atoms with van der Waals surface area (Å²) in [7, 11) is 1.25. The first-order valence-electron chi connectivity index (χ1n) is 5.88. The molecule has 1 rings (SSSR count). The van der Waals surface area contributed by atoms with Crippen molar-refractivity contribution < 1.29 is 24.2 Å². The number of likely N-dealkylation sites (tertiary alicyclic amines) is 1. The highest BCUT2D eigenvalue weighted by Crippen LogP contribution is 2.22. The third-order valence-corrected chi connectivity index (χ3v) is 2.36. The maximum Gasteiger partial charge on any atom is 0.411 e. The summed E-state index contributed by atoms with van der Waals surface area (Å²) in [5.74, 6) is -0.527. The van der Waals surface area contributed by atoms with Gasteiger partial charge in [0.1, 0.15) is 11.6 Å². The van der Waals surface area contributed by atoms with Gasteiger partial charge < -0.3 is 14.6 Å². The molecule has 6 heteroatoms. The lowest BCUT2D eigenvalue weighted by Gasteiger charge is -2.27. The van der Waals surface area contributed by atoms with E-state index in [9.17, 15) is 9.59 Å². The number of hydrogen-bond donors (Lipinski definition) is 1. The number of hydrogen-bond acceptors (Lipinski definition) is 5. The Labute approximate surface area is 102 Å². The molecule has 0 radical (unpaired) electrons. The Morgan fingerprint density at radius 2 is 2.12 bits per heavy atom. The third kappa shape index (κ3) is 3.59. The van der Waals surface area contributed by atoms with E-state index in [0.717, 1.165) is 0 Å². The summed E-state index contributed by atoms with van der Waals surface area (Å²) in [5.41, 5.74) is -0.641. The van der Waals surface area contributed by atoms with E-state index in [2.05, 4.69) is 9.85 Å². The van der Waals surface area contributed by atoms with E-state index < -0.39 is 29.8 Å². The maximum atomic E-state index is 11.9. The minimum Gasteiger partial charge on any atom is -0.467 e. The molecule has 6 nitrogen and oxygen atoms in total. The van der Waals surface area contributed by atoms with E-state index >= 15 is 0 Å². The molecule has 17 heavy (non-hydrogen) atoms. The smallest absolute Gasteiger partial charge is 0.411 e. The van der Waals surface area contributed by atoms with Crippen molar-refractivity contribution in [3.8, 4) is 0 Å². The summed E-state index contributed by atoms with van der Waals surface area (Å²) in [6, 6.07) is -0.750. The second-order valence-corrected chi connectivity index (χ2v) is 5.03. The van der Waals surface area contributed by atoms with Crippen molar-refractivity contribution in [2.24, 2.45) is 0 Å². The fourth-order valence-electron chi connectivity index (χ4n) is 1.68. The SMILES string of the molecule is [2H]O[C@@H]1C[C@@H](C(=O)OC)N(C(=O)OC(C)(C)C)C1. The number of carbonyl (C=O) groups excluding carboxylic acids is 2. The second-order valence-electron chi connectivity index (χ2n) is 5.03. The van der Waals surface area contributed by atoms with Gasteiger partial charge in [-0.15, -0.1) is 0 Å². The van der Waals surface area contributed by atoms with Crippen molar-refractivity contribution >= 4 is 12.1 Å². The zero-order valence-electron chi connectivity index (χ0n) is 11.6. The number of methoxy groups -OCH3 is 1. The van der Waals surface area contributed by atoms with Crippen LogP contribution in [0.25, 0.3) is 0 Å². The molecular weight excluding hydrogens is 226 g/mol. The van der Waals surface area contributed by atoms with E-state index in [1.54, 1.807) is 20.8 Å². The first-order valence-corrected chi connectivity index (χ1v) is 5.48. The molecule has 1 fully saturated rings. The summed E-state index contributed by atoms with van der Waals surface area (Å²) < 4.78 is 16.7. The number of rotatable bonds is 2. The van der Waals surface area contributed by atoms with Crippen molar-refractivity contribution in [1.29, 1.82) is 1.43 Å². The zero-order chi connectivity index (χ0) is 13.9. The summed E-state index contributed by atoms with van der Waals surface area (Å²) in [6.45, 7) is 5.38. The van der Waals surface area contributed by atoms with Crippen LogP contribution in [-0.2, 0) is 14.3 Å². The molecule has 1 saturated heterocycles. The fraction of sp³-hybridized carbons (Fsp3) is 0.818. The molecule has 0 spiro atoms. The fourth-order valence-corrected chi connectivity index (χ4v) is 1.68. The molecule has 0 saturated carbocycles. The second kappa shape index (κ2) is 4.91. The van der Waals surface area contributed by atoms with Gasteiger partial charge in [-0.1, -0.05) is 0 Å². The maximum absolute atomic E-state index is 11.9. The van der Waals surface area contributed by atoms with Gasteiger partial charge in [0.15, 0.2) is 0 Å². The summed E-state index contributed by atoms with van der Waals surface area (Å²) in [5, 5.41) is 4.44. The first kappa shape index (κ1) is 12.2. The van der Waals surface area contributed by atoms with Crippen LogP contribution in [0.4, 0.5) is 4.79 Å². The summed E-state index contributed by atoms with van der Waals surface area (Å²) in [6.07, 6.45) is -0.853. The van der Waals surface area contributed by atoms with Crippen LogP contribution in [0.1, 0.15) is 27.2 Å². The van der Waals surface area contributed by atoms with E-state index in [-0.39, 0.29) is 13.0 Å². The van der Waals surface area contributed by atoms with Crippen molar-refractivity contribution in [3.63, 3.8) is 0 Å². The normalized spacial score (nSPS) is 25.4. The van der Waals surface area contributed by atoms with Crippen molar-refractivity contribution in [2.75, 3.05) is 13.7 Å². The van der Waals surface area contributed by atoms with Crippen LogP contribution in [-0.4, -0.2) is 54.9 Å². The van der Waals surface area contributed by atoms with Gasteiger partial charge in [-0.2, -0.15) is 0 Å². The van der Waals surface area contributed by atoms with E-state index in [1.165, 1.54) is 12.0 Å². The molecule has 0 aromatic rings. The molecule has 1 heterocycles. The zero-order valence-corrected chi connectivity index (χ0v) is 10.6. The Morgan fingerprint density at radius 1 is 1.47 bits per heavy atom. The molecular formula is C11H19NO5. The molecule has 0 aromatic heterocycles. The van der Waals surface area contributed by atoms with Crippen LogP contribution < -0.4 is 0 Å². The molecule has 0 unspecified atom stereocenters. The molecule has 1 N–H and O–H groups in total. The van der Waals surface area contributed by atoms with Crippen molar-refractivity contribution in [1.82, 2.24) is 4.90 Å². The Bertz CT molecular complexity index is 328. The largest absolute Gasteiger partial charge is 0.467 e. The Balaban J connectivity index is 2.77. The first-order chi connectivity index (χ1) is 8.28. The molecule has 1 aliphatic rings. The van der Waals surface area contributed by atoms with Gasteiger partial charge >= 0.3 is 12.1 Å². The lowest BCUT2D eigenvalue weighted by atomic mass is 10.2. The molecule has 0 aliphatic carbocycles. The molecule has 1 amide bonds. The van der Waals surface area contributed by atoms with E-state index in [1.807, 2.05) is 0 Å². The van der Waals surface area contributed by atoms with Crippen LogP contribution in [0.2, 0.25) is 0 Å². The lowest BCUT2D eigenvalue weighted by Crippen LogP contribution is -2.43. The Morgan fingerprint density at radius 3 is 2.59 bits per heavy atom. The topological polar surface area (TPSA) is 76.1 Å². The molecule has 0 bridgehead atoms. The van der Waals surface area contributed by atoms with Gasteiger partial charge in [-0.25, -0.2) is 9.59 Å². The van der Waals surface area contributed by atoms with Gasteiger partial charge in [-0.05, 0) is 20.8 Å². The number of β-amino-alcohol motifs (C(OH)–C–C–N with tert-alkyl or cyclic N) is 1. The predicted molar refractivity (Wildman–Crippen MR) is 59.4 cm³/mol. The van der Waals surface area contributed by atoms with Crippen LogP contribution in [0.3, 0.4) is 0 Å². The van der Waals surface area contributed by atoms with Gasteiger partial charge in [-0.3, -0.25) is 4.90 Å². The van der Waals surface area contributed by atoms with E-state index in [0.29, 0.717) is 0 Å². The van der Waals surface area contributed by atoms with Crippen molar-refractivity contribution in [2.45, 2.75) is 44.9 Å². The summed E-state index contributed by atoms with van der Waals surface area (Å²) in [4.78, 5) is 24.7.